The Labute approximate surface area is 366 Å². The molecule has 2 saturated heterocycles. The first-order chi connectivity index (χ1) is 30.8. The molecule has 4 aromatic carbocycles. The van der Waals surface area contributed by atoms with Gasteiger partial charge in [-0.1, -0.05) is 36.4 Å². The molecule has 5 aromatic rings. The molecule has 0 saturated carbocycles. The fourth-order valence-electron chi connectivity index (χ4n) is 9.39. The number of imidazole rings is 1. The summed E-state index contributed by atoms with van der Waals surface area (Å²) in [6, 6.07) is 27.8. The number of amides is 2. The summed E-state index contributed by atoms with van der Waals surface area (Å²) in [5, 5.41) is 0. The predicted molar refractivity (Wildman–Crippen MR) is 242 cm³/mol. The Bertz CT molecular complexity index is 2720. The van der Waals surface area contributed by atoms with Crippen LogP contribution in [0.25, 0.3) is 40.1 Å². The van der Waals surface area contributed by atoms with Gasteiger partial charge in [0.1, 0.15) is 11.7 Å². The van der Waals surface area contributed by atoms with Gasteiger partial charge in [0.15, 0.2) is 0 Å². The second kappa shape index (κ2) is 17.0. The third-order valence-electron chi connectivity index (χ3n) is 12.8. The monoisotopic (exact) mass is 840 g/mol. The quantitative estimate of drug-likeness (QED) is 0.139. The number of hydrogen-bond acceptors (Lipinski definition) is 9. The lowest BCUT2D eigenvalue weighted by molar-refractivity contribution is -0.140. The molecule has 10 rings (SSSR count). The van der Waals surface area contributed by atoms with Gasteiger partial charge in [-0.3, -0.25) is 14.6 Å². The zero-order chi connectivity index (χ0) is 43.0. The molecule has 0 radical (unpaired) electrons. The second-order valence-electron chi connectivity index (χ2n) is 16.8. The molecule has 0 spiro atoms. The number of aliphatic imine (C=N–C) groups is 1. The highest BCUT2D eigenvalue weighted by molar-refractivity contribution is 6.11. The number of hydrogen-bond donors (Lipinski definition) is 0. The Morgan fingerprint density at radius 3 is 1.95 bits per heavy atom. The van der Waals surface area contributed by atoms with Gasteiger partial charge in [0.2, 0.25) is 0 Å². The van der Waals surface area contributed by atoms with Gasteiger partial charge in [0.05, 0.1) is 25.4 Å². The summed E-state index contributed by atoms with van der Waals surface area (Å²) in [7, 11) is 0. The third-order valence-corrected chi connectivity index (χ3v) is 12.8. The van der Waals surface area contributed by atoms with Crippen LogP contribution >= 0.6 is 0 Å². The van der Waals surface area contributed by atoms with E-state index in [1.54, 1.807) is 13.1 Å². The van der Waals surface area contributed by atoms with Crippen molar-refractivity contribution in [3.05, 3.63) is 137 Å². The largest absolute Gasteiger partial charge is 0.463 e. The van der Waals surface area contributed by atoms with Crippen LogP contribution in [0.3, 0.4) is 0 Å². The number of ether oxygens (including phenoxy) is 2. The Kier molecular flexibility index (Phi) is 10.8. The third kappa shape index (κ3) is 7.97. The fourth-order valence-corrected chi connectivity index (χ4v) is 9.39. The maximum absolute atomic E-state index is 13.8. The summed E-state index contributed by atoms with van der Waals surface area (Å²) in [6.45, 7) is 6.43. The SMILES string of the molecule is CCOC(=O)C1=Cc2cc(-c3ccc(C(=O)N4CCC(COC(=O)C5=Cc6cc(-c7ccc(C(=O)N8CCCC8)cc7)ccc6N6CCN=C6C5)C4)cc3)ccc2-n2ccnc2C1. The van der Waals surface area contributed by atoms with Gasteiger partial charge in [-0.15, -0.1) is 0 Å². The van der Waals surface area contributed by atoms with Crippen LogP contribution in [0.15, 0.2) is 113 Å². The van der Waals surface area contributed by atoms with E-state index in [-0.39, 0.29) is 36.3 Å². The maximum Gasteiger partial charge on any atom is 0.334 e. The van der Waals surface area contributed by atoms with Crippen LogP contribution in [0.5, 0.6) is 0 Å². The molecule has 318 valence electrons. The fraction of sp³-hybridized carbons (Fsp3) is 0.294. The molecule has 0 N–H and O–H groups in total. The highest BCUT2D eigenvalue weighted by Gasteiger charge is 2.31. The van der Waals surface area contributed by atoms with Crippen LogP contribution in [-0.4, -0.2) is 101 Å². The van der Waals surface area contributed by atoms with Gasteiger partial charge in [-0.05, 0) is 120 Å². The minimum Gasteiger partial charge on any atom is -0.463 e. The smallest absolute Gasteiger partial charge is 0.334 e. The molecule has 2 amide bonds. The van der Waals surface area contributed by atoms with Crippen LogP contribution in [0.1, 0.15) is 70.3 Å². The van der Waals surface area contributed by atoms with Crippen molar-refractivity contribution in [3.63, 3.8) is 0 Å². The lowest BCUT2D eigenvalue weighted by Gasteiger charge is -2.21. The molecule has 5 aliphatic heterocycles. The first-order valence-electron chi connectivity index (χ1n) is 22.0. The summed E-state index contributed by atoms with van der Waals surface area (Å²) in [5.41, 5.74) is 10.00. The lowest BCUT2D eigenvalue weighted by Crippen LogP contribution is -2.29. The van der Waals surface area contributed by atoms with Crippen LogP contribution < -0.4 is 4.90 Å². The zero-order valence-corrected chi connectivity index (χ0v) is 35.3. The molecule has 1 atom stereocenters. The number of carbonyl (C=O) groups excluding carboxylic acids is 4. The Morgan fingerprint density at radius 2 is 1.27 bits per heavy atom. The van der Waals surface area contributed by atoms with E-state index in [4.69, 9.17) is 14.5 Å². The van der Waals surface area contributed by atoms with Gasteiger partial charge in [0.25, 0.3) is 11.8 Å². The summed E-state index contributed by atoms with van der Waals surface area (Å²) < 4.78 is 13.3. The van der Waals surface area contributed by atoms with E-state index in [0.717, 1.165) is 95.3 Å². The van der Waals surface area contributed by atoms with E-state index in [2.05, 4.69) is 28.1 Å². The number of aromatic nitrogens is 2. The van der Waals surface area contributed by atoms with E-state index < -0.39 is 0 Å². The molecule has 5 aliphatic rings. The predicted octanol–water partition coefficient (Wildman–Crippen LogP) is 7.66. The van der Waals surface area contributed by atoms with E-state index in [1.807, 2.05) is 99.4 Å². The summed E-state index contributed by atoms with van der Waals surface area (Å²) >= 11 is 0. The van der Waals surface area contributed by atoms with Crippen LogP contribution in [-0.2, 0) is 25.5 Å². The first-order valence-corrected chi connectivity index (χ1v) is 22.0. The number of likely N-dealkylation sites (tertiary alicyclic amines) is 2. The molecule has 0 aliphatic carbocycles. The topological polar surface area (TPSA) is 127 Å². The first kappa shape index (κ1) is 40.0. The van der Waals surface area contributed by atoms with Crippen molar-refractivity contribution in [2.24, 2.45) is 10.9 Å². The van der Waals surface area contributed by atoms with E-state index in [9.17, 15) is 19.2 Å². The highest BCUT2D eigenvalue weighted by atomic mass is 16.5. The van der Waals surface area contributed by atoms with Crippen molar-refractivity contribution in [2.45, 2.75) is 39.0 Å². The van der Waals surface area contributed by atoms with Crippen molar-refractivity contribution < 1.29 is 28.7 Å². The van der Waals surface area contributed by atoms with Crippen LogP contribution in [0, 0.1) is 5.92 Å². The minimum atomic E-state index is -0.371. The van der Waals surface area contributed by atoms with Crippen LogP contribution in [0.2, 0.25) is 0 Å². The van der Waals surface area contributed by atoms with Gasteiger partial charge < -0.3 is 28.7 Å². The molecule has 12 nitrogen and oxygen atoms in total. The Morgan fingerprint density at radius 1 is 0.667 bits per heavy atom. The molecular formula is C51H48N6O6. The van der Waals surface area contributed by atoms with Crippen molar-refractivity contribution in [1.82, 2.24) is 19.4 Å². The Balaban J connectivity index is 0.788. The van der Waals surface area contributed by atoms with E-state index in [0.29, 0.717) is 61.4 Å². The van der Waals surface area contributed by atoms with Gasteiger partial charge in [-0.25, -0.2) is 14.6 Å². The summed E-state index contributed by atoms with van der Waals surface area (Å²) in [4.78, 5) is 68.3. The number of carbonyl (C=O) groups is 4. The molecule has 63 heavy (non-hydrogen) atoms. The maximum atomic E-state index is 13.8. The van der Waals surface area contributed by atoms with Gasteiger partial charge in [0, 0.05) is 91.8 Å². The molecule has 0 bridgehead atoms. The Hall–Kier alpha value is -7.08. The molecule has 1 aromatic heterocycles. The number of amidine groups is 1. The normalized spacial score (nSPS) is 17.6. The highest BCUT2D eigenvalue weighted by Crippen LogP contribution is 2.36. The van der Waals surface area contributed by atoms with Crippen molar-refractivity contribution in [3.8, 4) is 27.9 Å². The van der Waals surface area contributed by atoms with Crippen molar-refractivity contribution >= 4 is 47.4 Å². The van der Waals surface area contributed by atoms with E-state index in [1.165, 1.54) is 0 Å². The number of rotatable bonds is 9. The molecule has 6 heterocycles. The number of nitrogens with zero attached hydrogens (tertiary/aromatic N) is 6. The molecular weight excluding hydrogens is 793 g/mol. The average Bonchev–Trinajstić information content (AvgIpc) is 4.16. The number of esters is 2. The molecule has 1 unspecified atom stereocenters. The van der Waals surface area contributed by atoms with Gasteiger partial charge in [-0.2, -0.15) is 0 Å². The van der Waals surface area contributed by atoms with Crippen molar-refractivity contribution in [2.75, 3.05) is 57.4 Å². The molecule has 12 heteroatoms. The summed E-state index contributed by atoms with van der Waals surface area (Å²) in [6.07, 6.45) is 11.0. The van der Waals surface area contributed by atoms with E-state index >= 15 is 0 Å². The summed E-state index contributed by atoms with van der Waals surface area (Å²) in [5.74, 6) is 0.944. The number of fused-ring (bicyclic) bond motifs is 6. The van der Waals surface area contributed by atoms with Crippen LogP contribution in [0.4, 0.5) is 5.69 Å². The standard InChI is InChI=1S/C51H48N6O6/c1-2-62-50(60)42-27-40-25-38(13-15-44(40)56-23-18-52-46(56)29-42)35-7-11-37(12-8-35)49(59)55-22-17-33(31-55)32-63-51(61)43-28-41-26-39(14-16-45(41)57-24-19-53-47(57)30-43)34-5-9-36(10-6-34)48(58)54-20-3-4-21-54/h5-16,18,23,25-28,33H,2-4,17,19-22,24,29-32H2,1H3. The lowest BCUT2D eigenvalue weighted by atomic mass is 9.99. The molecule has 2 fully saturated rings. The second-order valence-corrected chi connectivity index (χ2v) is 16.8. The number of benzene rings is 4. The average molecular weight is 841 g/mol. The van der Waals surface area contributed by atoms with Gasteiger partial charge >= 0.3 is 11.9 Å². The number of anilines is 1. The minimum absolute atomic E-state index is 0.0197. The van der Waals surface area contributed by atoms with Crippen molar-refractivity contribution in [1.29, 1.82) is 0 Å². The zero-order valence-electron chi connectivity index (χ0n) is 35.3.